The highest BCUT2D eigenvalue weighted by atomic mass is 32.2. The minimum atomic E-state index is -3.64. The van der Waals surface area contributed by atoms with Crippen LogP contribution in [-0.4, -0.2) is 35.7 Å². The van der Waals surface area contributed by atoms with Gasteiger partial charge in [0.15, 0.2) is 0 Å². The first kappa shape index (κ1) is 22.6. The summed E-state index contributed by atoms with van der Waals surface area (Å²) in [5.74, 6) is 1.68. The first-order chi connectivity index (χ1) is 14.8. The lowest BCUT2D eigenvalue weighted by molar-refractivity contribution is -0.127. The number of hydrogen-bond donors (Lipinski definition) is 2. The Balaban J connectivity index is 1.27. The van der Waals surface area contributed by atoms with Gasteiger partial charge in [0, 0.05) is 18.5 Å². The van der Waals surface area contributed by atoms with Gasteiger partial charge in [-0.2, -0.15) is 8.75 Å². The Hall–Kier alpha value is -1.58. The molecule has 3 unspecified atom stereocenters. The molecule has 0 radical (unpaired) electrons. The van der Waals surface area contributed by atoms with Crippen molar-refractivity contribution in [2.75, 3.05) is 6.54 Å². The van der Waals surface area contributed by atoms with Crippen LogP contribution in [0.1, 0.15) is 58.8 Å². The Morgan fingerprint density at radius 3 is 2.65 bits per heavy atom. The van der Waals surface area contributed by atoms with Crippen LogP contribution in [-0.2, 0) is 14.8 Å². The minimum absolute atomic E-state index is 0.0483. The van der Waals surface area contributed by atoms with E-state index in [1.54, 1.807) is 18.2 Å². The van der Waals surface area contributed by atoms with E-state index in [0.29, 0.717) is 35.5 Å². The van der Waals surface area contributed by atoms with Gasteiger partial charge in [-0.3, -0.25) is 4.79 Å². The highest BCUT2D eigenvalue weighted by molar-refractivity contribution is 7.89. The van der Waals surface area contributed by atoms with E-state index < -0.39 is 10.0 Å². The largest absolute Gasteiger partial charge is 0.353 e. The van der Waals surface area contributed by atoms with E-state index in [1.807, 2.05) is 0 Å². The van der Waals surface area contributed by atoms with Crippen molar-refractivity contribution in [3.8, 4) is 0 Å². The molecule has 0 aliphatic heterocycles. The third-order valence-corrected chi connectivity index (χ3v) is 9.35. The Morgan fingerprint density at radius 1 is 1.10 bits per heavy atom. The molecule has 2 saturated carbocycles. The minimum Gasteiger partial charge on any atom is -0.353 e. The second-order valence-corrected chi connectivity index (χ2v) is 11.6. The van der Waals surface area contributed by atoms with Crippen molar-refractivity contribution < 1.29 is 13.2 Å². The first-order valence-corrected chi connectivity index (χ1v) is 13.6. The van der Waals surface area contributed by atoms with Gasteiger partial charge in [-0.15, -0.1) is 0 Å². The molecule has 4 rings (SSSR count). The van der Waals surface area contributed by atoms with Crippen molar-refractivity contribution in [1.82, 2.24) is 18.8 Å². The summed E-state index contributed by atoms with van der Waals surface area (Å²) in [6.07, 6.45) is 6.88. The zero-order chi connectivity index (χ0) is 22.0. The number of aromatic nitrogens is 2. The van der Waals surface area contributed by atoms with Crippen LogP contribution in [0.5, 0.6) is 0 Å². The SMILES string of the molecule is CC1CCCC(NC(=O)C2CCC(CNS(=O)(=O)c3cccc4nsnc34)CC2)C1C. The lowest BCUT2D eigenvalue weighted by Gasteiger charge is -2.36. The van der Waals surface area contributed by atoms with Gasteiger partial charge in [0.1, 0.15) is 15.9 Å². The Labute approximate surface area is 188 Å². The molecule has 2 aliphatic rings. The zero-order valence-corrected chi connectivity index (χ0v) is 19.8. The maximum Gasteiger partial charge on any atom is 0.242 e. The lowest BCUT2D eigenvalue weighted by Crippen LogP contribution is -2.46. The van der Waals surface area contributed by atoms with Crippen LogP contribution >= 0.6 is 11.7 Å². The molecular formula is C22H32N4O3S2. The number of sulfonamides is 1. The van der Waals surface area contributed by atoms with E-state index in [2.05, 4.69) is 32.6 Å². The standard InChI is InChI=1S/C22H32N4O3S2/c1-14-5-3-6-18(15(14)2)24-22(27)17-11-9-16(10-12-17)13-23-31(28,29)20-8-4-7-19-21(20)26-30-25-19/h4,7-8,14-18,23H,3,5-6,9-13H2,1-2H3,(H,24,27). The predicted octanol–water partition coefficient (Wildman–Crippen LogP) is 3.72. The second-order valence-electron chi connectivity index (χ2n) is 9.34. The molecule has 1 amide bonds. The topological polar surface area (TPSA) is 101 Å². The summed E-state index contributed by atoms with van der Waals surface area (Å²) in [7, 11) is -3.64. The fourth-order valence-corrected chi connectivity index (χ4v) is 6.90. The molecule has 2 fully saturated rings. The van der Waals surface area contributed by atoms with Crippen molar-refractivity contribution in [1.29, 1.82) is 0 Å². The summed E-state index contributed by atoms with van der Waals surface area (Å²) in [5, 5.41) is 3.31. The van der Waals surface area contributed by atoms with E-state index in [-0.39, 0.29) is 22.6 Å². The summed E-state index contributed by atoms with van der Waals surface area (Å²) < 4.78 is 36.6. The Morgan fingerprint density at radius 2 is 1.87 bits per heavy atom. The number of nitrogens with zero attached hydrogens (tertiary/aromatic N) is 2. The average Bonchev–Trinajstić information content (AvgIpc) is 3.25. The van der Waals surface area contributed by atoms with E-state index in [1.165, 1.54) is 12.8 Å². The van der Waals surface area contributed by atoms with Crippen molar-refractivity contribution in [3.63, 3.8) is 0 Å². The summed E-state index contributed by atoms with van der Waals surface area (Å²) in [5.41, 5.74) is 1.02. The van der Waals surface area contributed by atoms with Gasteiger partial charge in [-0.05, 0) is 62.0 Å². The number of carbonyl (C=O) groups is 1. The van der Waals surface area contributed by atoms with E-state index in [4.69, 9.17) is 0 Å². The number of carbonyl (C=O) groups excluding carboxylic acids is 1. The molecule has 1 aromatic heterocycles. The van der Waals surface area contributed by atoms with Gasteiger partial charge in [0.2, 0.25) is 15.9 Å². The highest BCUT2D eigenvalue weighted by Gasteiger charge is 2.32. The molecular weight excluding hydrogens is 432 g/mol. The van der Waals surface area contributed by atoms with Crippen LogP contribution in [0.25, 0.3) is 11.0 Å². The van der Waals surface area contributed by atoms with E-state index in [9.17, 15) is 13.2 Å². The van der Waals surface area contributed by atoms with Gasteiger partial charge in [0.05, 0.1) is 11.7 Å². The molecule has 2 aromatic rings. The molecule has 31 heavy (non-hydrogen) atoms. The Bertz CT molecular complexity index is 1010. The fourth-order valence-electron chi connectivity index (χ4n) is 5.02. The molecule has 7 nitrogen and oxygen atoms in total. The zero-order valence-electron chi connectivity index (χ0n) is 18.2. The normalized spacial score (nSPS) is 29.7. The van der Waals surface area contributed by atoms with Gasteiger partial charge < -0.3 is 5.32 Å². The third kappa shape index (κ3) is 5.09. The maximum atomic E-state index is 12.8. The fraction of sp³-hybridized carbons (Fsp3) is 0.682. The first-order valence-electron chi connectivity index (χ1n) is 11.4. The molecule has 0 bridgehead atoms. The number of rotatable bonds is 6. The summed E-state index contributed by atoms with van der Waals surface area (Å²) >= 11 is 1.01. The van der Waals surface area contributed by atoms with Crippen LogP contribution in [0.3, 0.4) is 0 Å². The van der Waals surface area contributed by atoms with Crippen LogP contribution < -0.4 is 10.0 Å². The molecule has 2 aliphatic carbocycles. The Kier molecular flexibility index (Phi) is 6.93. The van der Waals surface area contributed by atoms with Gasteiger partial charge >= 0.3 is 0 Å². The molecule has 3 atom stereocenters. The van der Waals surface area contributed by atoms with E-state index >= 15 is 0 Å². The summed E-state index contributed by atoms with van der Waals surface area (Å²) in [6, 6.07) is 5.32. The van der Waals surface area contributed by atoms with Gasteiger partial charge in [0.25, 0.3) is 0 Å². The third-order valence-electron chi connectivity index (χ3n) is 7.35. The molecule has 1 aromatic carbocycles. The number of amides is 1. The van der Waals surface area contributed by atoms with Crippen molar-refractivity contribution in [2.24, 2.45) is 23.7 Å². The van der Waals surface area contributed by atoms with Crippen LogP contribution in [0.4, 0.5) is 0 Å². The molecule has 0 spiro atoms. The number of fused-ring (bicyclic) bond motifs is 1. The molecule has 2 N–H and O–H groups in total. The molecule has 170 valence electrons. The van der Waals surface area contributed by atoms with Crippen molar-refractivity contribution >= 4 is 38.7 Å². The van der Waals surface area contributed by atoms with Crippen LogP contribution in [0.15, 0.2) is 23.1 Å². The number of benzene rings is 1. The number of hydrogen-bond acceptors (Lipinski definition) is 6. The second kappa shape index (κ2) is 9.50. The maximum absolute atomic E-state index is 12.8. The highest BCUT2D eigenvalue weighted by Crippen LogP contribution is 2.32. The van der Waals surface area contributed by atoms with Crippen molar-refractivity contribution in [3.05, 3.63) is 18.2 Å². The monoisotopic (exact) mass is 464 g/mol. The van der Waals surface area contributed by atoms with Crippen LogP contribution in [0, 0.1) is 23.7 Å². The molecule has 9 heteroatoms. The lowest BCUT2D eigenvalue weighted by atomic mass is 9.77. The smallest absolute Gasteiger partial charge is 0.242 e. The van der Waals surface area contributed by atoms with Gasteiger partial charge in [-0.1, -0.05) is 32.8 Å². The average molecular weight is 465 g/mol. The quantitative estimate of drug-likeness (QED) is 0.679. The van der Waals surface area contributed by atoms with Crippen LogP contribution in [0.2, 0.25) is 0 Å². The van der Waals surface area contributed by atoms with Crippen molar-refractivity contribution in [2.45, 2.75) is 69.7 Å². The van der Waals surface area contributed by atoms with E-state index in [0.717, 1.165) is 43.8 Å². The van der Waals surface area contributed by atoms with Gasteiger partial charge in [-0.25, -0.2) is 13.1 Å². The summed E-state index contributed by atoms with van der Waals surface area (Å²) in [6.45, 7) is 4.92. The molecule has 0 saturated heterocycles. The molecule has 1 heterocycles. The predicted molar refractivity (Wildman–Crippen MR) is 122 cm³/mol. The number of nitrogens with one attached hydrogen (secondary N) is 2. The summed E-state index contributed by atoms with van der Waals surface area (Å²) in [4.78, 5) is 13.0.